The summed E-state index contributed by atoms with van der Waals surface area (Å²) in [7, 11) is 0. The number of aromatic nitrogens is 2. The van der Waals surface area contributed by atoms with Crippen molar-refractivity contribution in [2.75, 3.05) is 0 Å². The van der Waals surface area contributed by atoms with Gasteiger partial charge in [-0.05, 0) is 48.0 Å². The van der Waals surface area contributed by atoms with Gasteiger partial charge in [-0.1, -0.05) is 74.3 Å². The van der Waals surface area contributed by atoms with Gasteiger partial charge in [0.05, 0.1) is 23.4 Å². The van der Waals surface area contributed by atoms with Crippen LogP contribution in [0.5, 0.6) is 5.75 Å². The summed E-state index contributed by atoms with van der Waals surface area (Å²) in [5, 5.41) is 14.0. The third-order valence-corrected chi connectivity index (χ3v) is 7.56. The maximum Gasteiger partial charge on any atom is 0.418 e. The van der Waals surface area contributed by atoms with E-state index in [0.29, 0.717) is 37.9 Å². The zero-order valence-corrected chi connectivity index (χ0v) is 23.2. The monoisotopic (exact) mass is 658 g/mol. The van der Waals surface area contributed by atoms with E-state index in [1.54, 1.807) is 35.0 Å². The van der Waals surface area contributed by atoms with Gasteiger partial charge in [-0.3, -0.25) is 4.68 Å². The normalized spacial score (nSPS) is 11.6. The number of carboxylic acid groups (broad SMARTS) is 1. The predicted octanol–water partition coefficient (Wildman–Crippen LogP) is 8.57. The van der Waals surface area contributed by atoms with Gasteiger partial charge >= 0.3 is 12.1 Å². The highest BCUT2D eigenvalue weighted by Gasteiger charge is 2.34. The molecule has 0 radical (unpaired) electrons. The first-order valence-electron chi connectivity index (χ1n) is 11.7. The minimum absolute atomic E-state index is 0.101. The Morgan fingerprint density at radius 3 is 2.21 bits per heavy atom. The lowest BCUT2D eigenvalue weighted by Gasteiger charge is -2.12. The Morgan fingerprint density at radius 1 is 0.923 bits per heavy atom. The van der Waals surface area contributed by atoms with Crippen LogP contribution in [-0.2, 0) is 19.3 Å². The van der Waals surface area contributed by atoms with Gasteiger partial charge in [-0.2, -0.15) is 18.3 Å². The second-order valence-corrected chi connectivity index (χ2v) is 10.4. The zero-order valence-electron chi connectivity index (χ0n) is 20.0. The number of alkyl halides is 3. The number of aromatic carboxylic acids is 1. The summed E-state index contributed by atoms with van der Waals surface area (Å²) in [6.45, 7) is 0.457. The third kappa shape index (κ3) is 5.72. The van der Waals surface area contributed by atoms with Crippen molar-refractivity contribution in [2.24, 2.45) is 0 Å². The molecule has 5 nitrogen and oxygen atoms in total. The zero-order chi connectivity index (χ0) is 27.7. The van der Waals surface area contributed by atoms with Crippen LogP contribution in [-0.4, -0.2) is 20.9 Å². The number of nitrogens with zero attached hydrogens (tertiary/aromatic N) is 2. The Kier molecular flexibility index (Phi) is 7.51. The number of carboxylic acids is 1. The molecule has 0 saturated carbocycles. The summed E-state index contributed by atoms with van der Waals surface area (Å²) < 4.78 is 50.0. The maximum atomic E-state index is 13.8. The maximum absolute atomic E-state index is 13.8. The fourth-order valence-corrected chi connectivity index (χ4v) is 5.70. The van der Waals surface area contributed by atoms with Crippen LogP contribution >= 0.6 is 31.9 Å². The molecule has 0 aliphatic heterocycles. The molecule has 0 aliphatic carbocycles. The first-order chi connectivity index (χ1) is 18.6. The molecule has 0 amide bonds. The Bertz CT molecular complexity index is 1640. The molecule has 198 valence electrons. The molecule has 1 N–H and O–H groups in total. The minimum Gasteiger partial charge on any atom is -0.489 e. The van der Waals surface area contributed by atoms with Gasteiger partial charge in [0.15, 0.2) is 0 Å². The lowest BCUT2D eigenvalue weighted by molar-refractivity contribution is -0.136. The highest BCUT2D eigenvalue weighted by atomic mass is 79.9. The first-order valence-corrected chi connectivity index (χ1v) is 13.3. The summed E-state index contributed by atoms with van der Waals surface area (Å²) >= 11 is 6.78. The van der Waals surface area contributed by atoms with E-state index < -0.39 is 17.7 Å². The molecule has 5 aromatic rings. The second kappa shape index (κ2) is 10.9. The first kappa shape index (κ1) is 27.0. The van der Waals surface area contributed by atoms with Crippen LogP contribution in [0, 0.1) is 0 Å². The SMILES string of the molecule is O=C(O)c1cc(Br)c(COc2ccc(-c3c4cccc(C(F)(F)F)c4nn3Cc3ccccc3)cc2)c(Br)c1. The van der Waals surface area contributed by atoms with Gasteiger partial charge < -0.3 is 9.84 Å². The Labute approximate surface area is 238 Å². The van der Waals surface area contributed by atoms with Gasteiger partial charge in [-0.25, -0.2) is 4.79 Å². The Balaban J connectivity index is 1.48. The number of benzene rings is 4. The molecule has 5 rings (SSSR count). The van der Waals surface area contributed by atoms with E-state index in [1.165, 1.54) is 18.2 Å². The Hall–Kier alpha value is -3.63. The van der Waals surface area contributed by atoms with Crippen LogP contribution < -0.4 is 4.74 Å². The van der Waals surface area contributed by atoms with Crippen LogP contribution in [0.25, 0.3) is 22.2 Å². The predicted molar refractivity (Wildman–Crippen MR) is 149 cm³/mol. The number of carbonyl (C=O) groups is 1. The largest absolute Gasteiger partial charge is 0.489 e. The van der Waals surface area contributed by atoms with E-state index in [4.69, 9.17) is 4.74 Å². The molecule has 1 aromatic heterocycles. The van der Waals surface area contributed by atoms with Crippen molar-refractivity contribution in [1.82, 2.24) is 9.78 Å². The topological polar surface area (TPSA) is 64.3 Å². The Morgan fingerprint density at radius 2 is 1.59 bits per heavy atom. The van der Waals surface area contributed by atoms with Gasteiger partial charge in [0.25, 0.3) is 0 Å². The number of halogens is 5. The molecular formula is C29H19Br2F3N2O3. The molecule has 0 atom stereocenters. The highest BCUT2D eigenvalue weighted by Crippen LogP contribution is 2.38. The highest BCUT2D eigenvalue weighted by molar-refractivity contribution is 9.11. The van der Waals surface area contributed by atoms with E-state index in [9.17, 15) is 23.1 Å². The van der Waals surface area contributed by atoms with E-state index >= 15 is 0 Å². The molecule has 0 spiro atoms. The molecule has 0 aliphatic rings. The van der Waals surface area contributed by atoms with Gasteiger partial charge in [0.1, 0.15) is 17.9 Å². The summed E-state index contributed by atoms with van der Waals surface area (Å²) in [4.78, 5) is 11.3. The van der Waals surface area contributed by atoms with Crippen molar-refractivity contribution >= 4 is 48.7 Å². The van der Waals surface area contributed by atoms with Crippen molar-refractivity contribution in [3.05, 3.63) is 116 Å². The van der Waals surface area contributed by atoms with Crippen molar-refractivity contribution in [2.45, 2.75) is 19.3 Å². The molecule has 10 heteroatoms. The molecule has 0 saturated heterocycles. The number of hydrogen-bond acceptors (Lipinski definition) is 3. The minimum atomic E-state index is -4.54. The standard InChI is InChI=1S/C29H19Br2F3N2O3/c30-24-13-19(28(37)38)14-25(31)22(24)16-39-20-11-9-18(10-12-20)27-21-7-4-8-23(29(32,33)34)26(21)35-36(27)15-17-5-2-1-3-6-17/h1-14H,15-16H2,(H,37,38). The third-order valence-electron chi connectivity index (χ3n) is 6.15. The van der Waals surface area contributed by atoms with Crippen LogP contribution in [0.4, 0.5) is 13.2 Å². The van der Waals surface area contributed by atoms with Crippen molar-refractivity contribution in [1.29, 1.82) is 0 Å². The molecule has 0 fully saturated rings. The van der Waals surface area contributed by atoms with Gasteiger partial charge in [0.2, 0.25) is 0 Å². The summed E-state index contributed by atoms with van der Waals surface area (Å²) in [6.07, 6.45) is -4.54. The number of ether oxygens (including phenoxy) is 1. The van der Waals surface area contributed by atoms with Crippen LogP contribution in [0.1, 0.15) is 27.0 Å². The fraction of sp³-hybridized carbons (Fsp3) is 0.103. The van der Waals surface area contributed by atoms with E-state index in [-0.39, 0.29) is 17.7 Å². The number of fused-ring (bicyclic) bond motifs is 1. The molecule has 1 heterocycles. The van der Waals surface area contributed by atoms with Crippen LogP contribution in [0.15, 0.2) is 93.9 Å². The van der Waals surface area contributed by atoms with E-state index in [1.807, 2.05) is 30.3 Å². The summed E-state index contributed by atoms with van der Waals surface area (Å²) in [5.74, 6) is -0.505. The fourth-order valence-electron chi connectivity index (χ4n) is 4.29. The number of rotatable bonds is 7. The second-order valence-electron chi connectivity index (χ2n) is 8.73. The number of hydrogen-bond donors (Lipinski definition) is 1. The lowest BCUT2D eigenvalue weighted by Crippen LogP contribution is -2.06. The quantitative estimate of drug-likeness (QED) is 0.190. The van der Waals surface area contributed by atoms with Gasteiger partial charge in [-0.15, -0.1) is 0 Å². The summed E-state index contributed by atoms with van der Waals surface area (Å²) in [6, 6.07) is 23.6. The average molecular weight is 660 g/mol. The van der Waals surface area contributed by atoms with Crippen molar-refractivity contribution < 1.29 is 27.8 Å². The van der Waals surface area contributed by atoms with Gasteiger partial charge in [0, 0.05) is 25.5 Å². The van der Waals surface area contributed by atoms with Crippen LogP contribution in [0.2, 0.25) is 0 Å². The van der Waals surface area contributed by atoms with Crippen molar-refractivity contribution in [3.63, 3.8) is 0 Å². The van der Waals surface area contributed by atoms with Crippen LogP contribution in [0.3, 0.4) is 0 Å². The smallest absolute Gasteiger partial charge is 0.418 e. The molecule has 0 unspecified atom stereocenters. The molecule has 39 heavy (non-hydrogen) atoms. The lowest BCUT2D eigenvalue weighted by atomic mass is 10.0. The molecule has 4 aromatic carbocycles. The molecule has 0 bridgehead atoms. The van der Waals surface area contributed by atoms with E-state index in [0.717, 1.165) is 17.2 Å². The molecular weight excluding hydrogens is 641 g/mol. The average Bonchev–Trinajstić information content (AvgIpc) is 3.26. The van der Waals surface area contributed by atoms with Crippen molar-refractivity contribution in [3.8, 4) is 17.0 Å². The van der Waals surface area contributed by atoms with E-state index in [2.05, 4.69) is 37.0 Å². The summed E-state index contributed by atoms with van der Waals surface area (Å²) in [5.41, 5.74) is 2.15.